The smallest absolute Gasteiger partial charge is 0.191 e. The standard InChI is InChI=1S/C18H30BrN3O2S.HI/c1-6-20-17(21-11-12-25(23)18(3,4)5)22-13-14(2)24-16-10-8-7-9-15(16)19;/h7-10,14H,6,11-13H2,1-5H3,(H2,20,21,22);1H. The number of nitrogens with one attached hydrogen (secondary N) is 2. The molecule has 150 valence electrons. The zero-order chi connectivity index (χ0) is 18.9. The summed E-state index contributed by atoms with van der Waals surface area (Å²) >= 11 is 3.48. The summed E-state index contributed by atoms with van der Waals surface area (Å²) in [6.07, 6.45) is -0.0575. The van der Waals surface area contributed by atoms with Crippen LogP contribution in [0.25, 0.3) is 0 Å². The lowest BCUT2D eigenvalue weighted by atomic mass is 10.3. The van der Waals surface area contributed by atoms with Crippen molar-refractivity contribution in [2.24, 2.45) is 4.99 Å². The van der Waals surface area contributed by atoms with E-state index >= 15 is 0 Å². The molecule has 2 atom stereocenters. The molecule has 0 aromatic heterocycles. The summed E-state index contributed by atoms with van der Waals surface area (Å²) in [6, 6.07) is 7.77. The molecule has 2 unspecified atom stereocenters. The van der Waals surface area contributed by atoms with Gasteiger partial charge in [0.2, 0.25) is 0 Å². The summed E-state index contributed by atoms with van der Waals surface area (Å²) in [6.45, 7) is 11.9. The molecule has 0 aliphatic heterocycles. The van der Waals surface area contributed by atoms with E-state index in [1.807, 2.05) is 58.9 Å². The Kier molecular flexibility index (Phi) is 12.8. The van der Waals surface area contributed by atoms with E-state index in [0.717, 1.165) is 22.7 Å². The first-order chi connectivity index (χ1) is 11.7. The van der Waals surface area contributed by atoms with E-state index in [4.69, 9.17) is 4.74 Å². The van der Waals surface area contributed by atoms with Gasteiger partial charge in [-0.2, -0.15) is 0 Å². The van der Waals surface area contributed by atoms with E-state index in [1.165, 1.54) is 0 Å². The highest BCUT2D eigenvalue weighted by molar-refractivity contribution is 14.0. The van der Waals surface area contributed by atoms with Crippen molar-refractivity contribution in [3.63, 3.8) is 0 Å². The summed E-state index contributed by atoms with van der Waals surface area (Å²) in [7, 11) is -0.875. The highest BCUT2D eigenvalue weighted by Crippen LogP contribution is 2.24. The number of nitrogens with zero attached hydrogens (tertiary/aromatic N) is 1. The van der Waals surface area contributed by atoms with Gasteiger partial charge in [0.15, 0.2) is 5.96 Å². The highest BCUT2D eigenvalue weighted by atomic mass is 127. The van der Waals surface area contributed by atoms with Gasteiger partial charge in [0.05, 0.1) is 11.0 Å². The number of hydrogen-bond donors (Lipinski definition) is 2. The normalized spacial score (nSPS) is 14.2. The maximum atomic E-state index is 12.1. The Bertz CT molecular complexity index is 594. The van der Waals surface area contributed by atoms with Crippen molar-refractivity contribution < 1.29 is 8.95 Å². The van der Waals surface area contributed by atoms with Crippen LogP contribution in [0.2, 0.25) is 0 Å². The van der Waals surface area contributed by atoms with Crippen molar-refractivity contribution in [2.75, 3.05) is 25.4 Å². The molecule has 0 aliphatic rings. The van der Waals surface area contributed by atoms with E-state index in [0.29, 0.717) is 18.8 Å². The average molecular weight is 560 g/mol. The van der Waals surface area contributed by atoms with E-state index in [9.17, 15) is 4.21 Å². The van der Waals surface area contributed by atoms with Crippen molar-refractivity contribution in [1.82, 2.24) is 10.6 Å². The number of halogens is 2. The van der Waals surface area contributed by atoms with Crippen LogP contribution in [0.5, 0.6) is 5.75 Å². The first kappa shape index (κ1) is 25.6. The second-order valence-corrected chi connectivity index (χ2v) is 9.85. The molecule has 1 rings (SSSR count). The third kappa shape index (κ3) is 10.1. The third-order valence-electron chi connectivity index (χ3n) is 3.28. The van der Waals surface area contributed by atoms with Gasteiger partial charge in [0.1, 0.15) is 11.9 Å². The Hall–Kier alpha value is -0.350. The van der Waals surface area contributed by atoms with E-state index < -0.39 is 10.8 Å². The van der Waals surface area contributed by atoms with E-state index in [1.54, 1.807) is 0 Å². The summed E-state index contributed by atoms with van der Waals surface area (Å²) in [4.78, 5) is 4.55. The molecule has 0 amide bonds. The molecule has 26 heavy (non-hydrogen) atoms. The van der Waals surface area contributed by atoms with Crippen LogP contribution >= 0.6 is 39.9 Å². The molecule has 1 aromatic carbocycles. The number of ether oxygens (including phenoxy) is 1. The predicted molar refractivity (Wildman–Crippen MR) is 126 cm³/mol. The van der Waals surface area contributed by atoms with Crippen LogP contribution in [-0.2, 0) is 10.8 Å². The Morgan fingerprint density at radius 1 is 1.31 bits per heavy atom. The molecule has 8 heteroatoms. The number of benzene rings is 1. The van der Waals surface area contributed by atoms with Crippen molar-refractivity contribution >= 4 is 56.7 Å². The van der Waals surface area contributed by atoms with Gasteiger partial charge in [-0.05, 0) is 62.7 Å². The Morgan fingerprint density at radius 3 is 2.54 bits per heavy atom. The SMILES string of the molecule is CCNC(=NCC(C)Oc1ccccc1Br)NCCS(=O)C(C)(C)C.I. The van der Waals surface area contributed by atoms with Crippen LogP contribution in [0.3, 0.4) is 0 Å². The minimum atomic E-state index is -0.875. The first-order valence-electron chi connectivity index (χ1n) is 8.56. The molecule has 0 aliphatic carbocycles. The van der Waals surface area contributed by atoms with Crippen LogP contribution in [0.4, 0.5) is 0 Å². The predicted octanol–water partition coefficient (Wildman–Crippen LogP) is 3.94. The minimum absolute atomic E-state index is 0. The average Bonchev–Trinajstić information content (AvgIpc) is 2.53. The lowest BCUT2D eigenvalue weighted by Gasteiger charge is -2.19. The van der Waals surface area contributed by atoms with Crippen molar-refractivity contribution in [3.05, 3.63) is 28.7 Å². The molecule has 0 spiro atoms. The van der Waals surface area contributed by atoms with Gasteiger partial charge in [-0.3, -0.25) is 4.21 Å². The minimum Gasteiger partial charge on any atom is -0.488 e. The molecule has 0 radical (unpaired) electrons. The molecule has 0 saturated carbocycles. The summed E-state index contributed by atoms with van der Waals surface area (Å²) in [5, 5.41) is 6.44. The molecule has 0 saturated heterocycles. The number of para-hydroxylation sites is 1. The number of guanidine groups is 1. The summed E-state index contributed by atoms with van der Waals surface area (Å²) in [5.74, 6) is 2.12. The topological polar surface area (TPSA) is 62.7 Å². The van der Waals surface area contributed by atoms with Gasteiger partial charge < -0.3 is 15.4 Å². The van der Waals surface area contributed by atoms with Crippen LogP contribution in [-0.4, -0.2) is 46.4 Å². The van der Waals surface area contributed by atoms with Gasteiger partial charge in [0, 0.05) is 34.4 Å². The lowest BCUT2D eigenvalue weighted by molar-refractivity contribution is 0.228. The Balaban J connectivity index is 0.00000625. The first-order valence-corrected chi connectivity index (χ1v) is 10.7. The molecule has 0 fully saturated rings. The molecule has 2 N–H and O–H groups in total. The highest BCUT2D eigenvalue weighted by Gasteiger charge is 2.18. The fraction of sp³-hybridized carbons (Fsp3) is 0.611. The fourth-order valence-electron chi connectivity index (χ4n) is 1.92. The second-order valence-electron chi connectivity index (χ2n) is 6.67. The summed E-state index contributed by atoms with van der Waals surface area (Å²) < 4.78 is 18.7. The zero-order valence-electron chi connectivity index (χ0n) is 16.2. The quantitative estimate of drug-likeness (QED) is 0.288. The van der Waals surface area contributed by atoms with Crippen LogP contribution in [0.1, 0.15) is 34.6 Å². The number of hydrogen-bond acceptors (Lipinski definition) is 3. The van der Waals surface area contributed by atoms with Crippen LogP contribution < -0.4 is 15.4 Å². The van der Waals surface area contributed by atoms with Crippen LogP contribution in [0, 0.1) is 0 Å². The molecule has 0 heterocycles. The second kappa shape index (κ2) is 12.9. The third-order valence-corrected chi connectivity index (χ3v) is 5.87. The molecule has 0 bridgehead atoms. The Morgan fingerprint density at radius 2 is 1.96 bits per heavy atom. The monoisotopic (exact) mass is 559 g/mol. The van der Waals surface area contributed by atoms with E-state index in [-0.39, 0.29) is 34.8 Å². The van der Waals surface area contributed by atoms with Crippen LogP contribution in [0.15, 0.2) is 33.7 Å². The van der Waals surface area contributed by atoms with Crippen molar-refractivity contribution in [1.29, 1.82) is 0 Å². The largest absolute Gasteiger partial charge is 0.488 e. The summed E-state index contributed by atoms with van der Waals surface area (Å²) in [5.41, 5.74) is 0. The molecular formula is C18H31BrIN3O2S. The zero-order valence-corrected chi connectivity index (χ0v) is 20.9. The lowest BCUT2D eigenvalue weighted by Crippen LogP contribution is -2.41. The fourth-order valence-corrected chi connectivity index (χ4v) is 3.20. The molecular weight excluding hydrogens is 529 g/mol. The number of rotatable bonds is 8. The van der Waals surface area contributed by atoms with Crippen molar-refractivity contribution in [3.8, 4) is 5.75 Å². The molecule has 5 nitrogen and oxygen atoms in total. The molecule has 1 aromatic rings. The van der Waals surface area contributed by atoms with Gasteiger partial charge in [0.25, 0.3) is 0 Å². The van der Waals surface area contributed by atoms with E-state index in [2.05, 4.69) is 31.6 Å². The number of aliphatic imine (C=N–C) groups is 1. The Labute approximate surface area is 185 Å². The van der Waals surface area contributed by atoms with Gasteiger partial charge in [-0.1, -0.05) is 12.1 Å². The van der Waals surface area contributed by atoms with Gasteiger partial charge in [-0.15, -0.1) is 24.0 Å². The maximum Gasteiger partial charge on any atom is 0.191 e. The van der Waals surface area contributed by atoms with Gasteiger partial charge in [-0.25, -0.2) is 4.99 Å². The van der Waals surface area contributed by atoms with Gasteiger partial charge >= 0.3 is 0 Å². The van der Waals surface area contributed by atoms with Crippen molar-refractivity contribution in [2.45, 2.75) is 45.5 Å². The maximum absolute atomic E-state index is 12.1.